The highest BCUT2D eigenvalue weighted by Crippen LogP contribution is 2.37. The van der Waals surface area contributed by atoms with E-state index in [1.54, 1.807) is 12.1 Å². The fourth-order valence-corrected chi connectivity index (χ4v) is 2.44. The van der Waals surface area contributed by atoms with E-state index in [1.807, 2.05) is 31.2 Å². The first-order valence-corrected chi connectivity index (χ1v) is 6.42. The molecule has 2 aromatic carbocycles. The van der Waals surface area contributed by atoms with Crippen LogP contribution in [0.3, 0.4) is 0 Å². The highest BCUT2D eigenvalue weighted by Gasteiger charge is 2.11. The quantitative estimate of drug-likeness (QED) is 0.714. The SMILES string of the molecule is CCOc1cc2c(Cl)c3ccccc3nc2cc1O. The van der Waals surface area contributed by atoms with Gasteiger partial charge in [-0.3, -0.25) is 0 Å². The van der Waals surface area contributed by atoms with Gasteiger partial charge in [0.2, 0.25) is 0 Å². The Hall–Kier alpha value is -2.00. The minimum atomic E-state index is 0.0770. The number of benzene rings is 2. The minimum absolute atomic E-state index is 0.0770. The number of fused-ring (bicyclic) bond motifs is 2. The third kappa shape index (κ3) is 1.96. The molecule has 1 N–H and O–H groups in total. The maximum absolute atomic E-state index is 9.89. The van der Waals surface area contributed by atoms with Crippen molar-refractivity contribution in [2.24, 2.45) is 0 Å². The van der Waals surface area contributed by atoms with E-state index in [2.05, 4.69) is 4.98 Å². The van der Waals surface area contributed by atoms with Crippen LogP contribution in [0.2, 0.25) is 5.02 Å². The largest absolute Gasteiger partial charge is 0.504 e. The maximum Gasteiger partial charge on any atom is 0.161 e. The van der Waals surface area contributed by atoms with Crippen molar-refractivity contribution in [3.05, 3.63) is 41.4 Å². The summed E-state index contributed by atoms with van der Waals surface area (Å²) in [6.07, 6.45) is 0. The summed E-state index contributed by atoms with van der Waals surface area (Å²) in [6.45, 7) is 2.35. The van der Waals surface area contributed by atoms with Gasteiger partial charge in [-0.05, 0) is 19.1 Å². The second kappa shape index (κ2) is 4.59. The topological polar surface area (TPSA) is 42.4 Å². The normalized spacial score (nSPS) is 11.1. The Labute approximate surface area is 115 Å². The summed E-state index contributed by atoms with van der Waals surface area (Å²) in [6, 6.07) is 11.0. The van der Waals surface area contributed by atoms with E-state index in [0.717, 1.165) is 16.3 Å². The van der Waals surface area contributed by atoms with Gasteiger partial charge in [0, 0.05) is 16.8 Å². The zero-order valence-electron chi connectivity index (χ0n) is 10.4. The fraction of sp³-hybridized carbons (Fsp3) is 0.133. The zero-order chi connectivity index (χ0) is 13.4. The molecular formula is C15H12ClNO2. The van der Waals surface area contributed by atoms with Crippen molar-refractivity contribution >= 4 is 33.4 Å². The number of phenolic OH excluding ortho intramolecular Hbond substituents is 1. The van der Waals surface area contributed by atoms with Crippen LogP contribution in [0.4, 0.5) is 0 Å². The summed E-state index contributed by atoms with van der Waals surface area (Å²) in [5, 5.41) is 12.2. The molecule has 0 aliphatic heterocycles. The number of nitrogens with zero attached hydrogens (tertiary/aromatic N) is 1. The smallest absolute Gasteiger partial charge is 0.161 e. The summed E-state index contributed by atoms with van der Waals surface area (Å²) in [5.41, 5.74) is 1.47. The first-order valence-electron chi connectivity index (χ1n) is 6.04. The van der Waals surface area contributed by atoms with Crippen LogP contribution in [0.15, 0.2) is 36.4 Å². The van der Waals surface area contributed by atoms with Crippen LogP contribution in [-0.2, 0) is 0 Å². The Morgan fingerprint density at radius 3 is 2.74 bits per heavy atom. The standard InChI is InChI=1S/C15H12ClNO2/c1-2-19-14-7-10-12(8-13(14)18)17-11-6-4-3-5-9(11)15(10)16/h3-8,18H,2H2,1H3. The summed E-state index contributed by atoms with van der Waals surface area (Å²) < 4.78 is 5.38. The van der Waals surface area contributed by atoms with Crippen molar-refractivity contribution in [3.8, 4) is 11.5 Å². The van der Waals surface area contributed by atoms with E-state index >= 15 is 0 Å². The molecule has 1 heterocycles. The van der Waals surface area contributed by atoms with Crippen molar-refractivity contribution < 1.29 is 9.84 Å². The van der Waals surface area contributed by atoms with Gasteiger partial charge in [0.1, 0.15) is 0 Å². The predicted octanol–water partition coefficient (Wildman–Crippen LogP) is 4.15. The Kier molecular flexibility index (Phi) is 2.91. The van der Waals surface area contributed by atoms with Crippen molar-refractivity contribution in [2.75, 3.05) is 6.61 Å². The number of hydrogen-bond acceptors (Lipinski definition) is 3. The molecule has 0 radical (unpaired) electrons. The molecule has 3 aromatic rings. The number of aromatic nitrogens is 1. The molecule has 1 aromatic heterocycles. The lowest BCUT2D eigenvalue weighted by Gasteiger charge is -2.10. The van der Waals surface area contributed by atoms with Gasteiger partial charge in [-0.15, -0.1) is 0 Å². The Bertz CT molecular complexity index is 771. The van der Waals surface area contributed by atoms with Gasteiger partial charge in [0.15, 0.2) is 11.5 Å². The Morgan fingerprint density at radius 2 is 1.95 bits per heavy atom. The third-order valence-electron chi connectivity index (χ3n) is 3.00. The molecule has 0 amide bonds. The molecule has 0 atom stereocenters. The number of rotatable bonds is 2. The lowest BCUT2D eigenvalue weighted by Crippen LogP contribution is -1.93. The van der Waals surface area contributed by atoms with Crippen molar-refractivity contribution in [3.63, 3.8) is 0 Å². The first-order chi connectivity index (χ1) is 9.20. The summed E-state index contributed by atoms with van der Waals surface area (Å²) >= 11 is 6.42. The van der Waals surface area contributed by atoms with Gasteiger partial charge in [0.05, 0.1) is 22.7 Å². The maximum atomic E-state index is 9.89. The average molecular weight is 274 g/mol. The summed E-state index contributed by atoms with van der Waals surface area (Å²) in [5.74, 6) is 0.502. The van der Waals surface area contributed by atoms with Crippen LogP contribution < -0.4 is 4.74 Å². The van der Waals surface area contributed by atoms with Crippen LogP contribution in [0.25, 0.3) is 21.8 Å². The highest BCUT2D eigenvalue weighted by atomic mass is 35.5. The molecule has 3 nitrogen and oxygen atoms in total. The van der Waals surface area contributed by atoms with Crippen LogP contribution in [0, 0.1) is 0 Å². The molecule has 0 spiro atoms. The predicted molar refractivity (Wildman–Crippen MR) is 77.1 cm³/mol. The van der Waals surface area contributed by atoms with E-state index < -0.39 is 0 Å². The van der Waals surface area contributed by atoms with Gasteiger partial charge in [-0.1, -0.05) is 29.8 Å². The number of phenols is 1. The second-order valence-electron chi connectivity index (χ2n) is 4.21. The molecule has 0 aliphatic carbocycles. The fourth-order valence-electron chi connectivity index (χ4n) is 2.13. The Morgan fingerprint density at radius 1 is 1.16 bits per heavy atom. The van der Waals surface area contributed by atoms with Crippen LogP contribution in [0.1, 0.15) is 6.92 Å². The number of pyridine rings is 1. The lowest BCUT2D eigenvalue weighted by atomic mass is 10.1. The Balaban J connectivity index is 2.38. The van der Waals surface area contributed by atoms with Crippen LogP contribution in [-0.4, -0.2) is 16.7 Å². The first kappa shape index (κ1) is 12.1. The van der Waals surface area contributed by atoms with E-state index in [1.165, 1.54) is 0 Å². The third-order valence-corrected chi connectivity index (χ3v) is 3.40. The van der Waals surface area contributed by atoms with E-state index in [4.69, 9.17) is 16.3 Å². The van der Waals surface area contributed by atoms with Crippen molar-refractivity contribution in [1.29, 1.82) is 0 Å². The summed E-state index contributed by atoms with van der Waals surface area (Å²) in [7, 11) is 0. The van der Waals surface area contributed by atoms with Gasteiger partial charge < -0.3 is 9.84 Å². The average Bonchev–Trinajstić information content (AvgIpc) is 2.41. The molecule has 0 aliphatic rings. The number of para-hydroxylation sites is 1. The van der Waals surface area contributed by atoms with Crippen LogP contribution in [0.5, 0.6) is 11.5 Å². The molecule has 0 fully saturated rings. The zero-order valence-corrected chi connectivity index (χ0v) is 11.1. The van der Waals surface area contributed by atoms with Gasteiger partial charge in [-0.25, -0.2) is 4.98 Å². The molecule has 0 saturated carbocycles. The van der Waals surface area contributed by atoms with Crippen molar-refractivity contribution in [1.82, 2.24) is 4.98 Å². The molecule has 3 rings (SSSR count). The number of halogens is 1. The summed E-state index contributed by atoms with van der Waals surface area (Å²) in [4.78, 5) is 4.50. The second-order valence-corrected chi connectivity index (χ2v) is 4.59. The van der Waals surface area contributed by atoms with Crippen molar-refractivity contribution in [2.45, 2.75) is 6.92 Å². The van der Waals surface area contributed by atoms with Crippen LogP contribution >= 0.6 is 11.6 Å². The highest BCUT2D eigenvalue weighted by molar-refractivity contribution is 6.40. The van der Waals surface area contributed by atoms with Gasteiger partial charge >= 0.3 is 0 Å². The molecule has 0 saturated heterocycles. The van der Waals surface area contributed by atoms with E-state index in [-0.39, 0.29) is 5.75 Å². The molecule has 19 heavy (non-hydrogen) atoms. The molecule has 4 heteroatoms. The van der Waals surface area contributed by atoms with Gasteiger partial charge in [0.25, 0.3) is 0 Å². The number of hydrogen-bond donors (Lipinski definition) is 1. The lowest BCUT2D eigenvalue weighted by molar-refractivity contribution is 0.319. The van der Waals surface area contributed by atoms with Gasteiger partial charge in [-0.2, -0.15) is 0 Å². The number of aromatic hydroxyl groups is 1. The minimum Gasteiger partial charge on any atom is -0.504 e. The molecular weight excluding hydrogens is 262 g/mol. The molecule has 0 bridgehead atoms. The van der Waals surface area contributed by atoms with E-state index in [0.29, 0.717) is 22.9 Å². The molecule has 96 valence electrons. The number of ether oxygens (including phenoxy) is 1. The monoisotopic (exact) mass is 273 g/mol. The van der Waals surface area contributed by atoms with E-state index in [9.17, 15) is 5.11 Å². The molecule has 0 unspecified atom stereocenters.